The summed E-state index contributed by atoms with van der Waals surface area (Å²) in [5.74, 6) is 0. The summed E-state index contributed by atoms with van der Waals surface area (Å²) in [5, 5.41) is 4.01. The van der Waals surface area contributed by atoms with Gasteiger partial charge in [-0.3, -0.25) is 4.79 Å². The quantitative estimate of drug-likeness (QED) is 0.751. The maximum Gasteiger partial charge on any atom is 0.161 e. The van der Waals surface area contributed by atoms with Crippen molar-refractivity contribution in [2.75, 3.05) is 0 Å². The summed E-state index contributed by atoms with van der Waals surface area (Å²) in [6.45, 7) is 1.97. The summed E-state index contributed by atoms with van der Waals surface area (Å²) >= 11 is 3.05. The smallest absolute Gasteiger partial charge is 0.161 e. The summed E-state index contributed by atoms with van der Waals surface area (Å²) < 4.78 is 0. The van der Waals surface area contributed by atoms with E-state index in [-0.39, 0.29) is 0 Å². The summed E-state index contributed by atoms with van der Waals surface area (Å²) in [6, 6.07) is 0. The van der Waals surface area contributed by atoms with Crippen molar-refractivity contribution in [3.63, 3.8) is 0 Å². The van der Waals surface area contributed by atoms with E-state index in [0.29, 0.717) is 4.88 Å². The zero-order valence-corrected chi connectivity index (χ0v) is 9.19. The molecule has 0 amide bonds. The zero-order chi connectivity index (χ0) is 9.97. The molecule has 14 heavy (non-hydrogen) atoms. The average Bonchev–Trinajstić information content (AvgIpc) is 2.76. The predicted octanol–water partition coefficient (Wildman–Crippen LogP) is 2.31. The van der Waals surface area contributed by atoms with E-state index in [2.05, 4.69) is 9.97 Å². The summed E-state index contributed by atoms with van der Waals surface area (Å²) in [6.07, 6.45) is 3.17. The highest BCUT2D eigenvalue weighted by molar-refractivity contribution is 7.13. The molecule has 0 spiro atoms. The largest absolute Gasteiger partial charge is 0.297 e. The number of thiazole rings is 2. The number of carbonyl (C=O) groups is 1. The molecule has 0 aliphatic carbocycles. The van der Waals surface area contributed by atoms with Gasteiger partial charge in [-0.15, -0.1) is 22.7 Å². The second-order valence-electron chi connectivity index (χ2n) is 2.83. The van der Waals surface area contributed by atoms with Gasteiger partial charge in [0.2, 0.25) is 0 Å². The first-order valence-electron chi connectivity index (χ1n) is 4.09. The third-order valence-electron chi connectivity index (χ3n) is 1.66. The van der Waals surface area contributed by atoms with Crippen LogP contribution in [0.2, 0.25) is 0 Å². The lowest BCUT2D eigenvalue weighted by atomic mass is 10.4. The maximum absolute atomic E-state index is 10.4. The van der Waals surface area contributed by atoms with Crippen LogP contribution in [0.4, 0.5) is 0 Å². The Labute approximate surface area is 89.5 Å². The van der Waals surface area contributed by atoms with Gasteiger partial charge in [0.05, 0.1) is 21.3 Å². The Hall–Kier alpha value is -1.07. The predicted molar refractivity (Wildman–Crippen MR) is 57.2 cm³/mol. The standard InChI is InChI=1S/C9H8N2OS2/c1-6-5-13-9(11-6)2-8-10-3-7(4-12)14-8/h3-5H,2H2,1H3. The molecule has 0 aromatic carbocycles. The summed E-state index contributed by atoms with van der Waals surface area (Å²) in [4.78, 5) is 19.6. The Balaban J connectivity index is 2.14. The van der Waals surface area contributed by atoms with Crippen LogP contribution in [0.5, 0.6) is 0 Å². The monoisotopic (exact) mass is 224 g/mol. The molecule has 0 saturated carbocycles. The van der Waals surface area contributed by atoms with Crippen molar-refractivity contribution in [2.24, 2.45) is 0 Å². The van der Waals surface area contributed by atoms with E-state index in [1.165, 1.54) is 11.3 Å². The van der Waals surface area contributed by atoms with Crippen molar-refractivity contribution in [2.45, 2.75) is 13.3 Å². The molecular formula is C9H8N2OS2. The van der Waals surface area contributed by atoms with E-state index in [9.17, 15) is 4.79 Å². The van der Waals surface area contributed by atoms with Gasteiger partial charge in [0.15, 0.2) is 6.29 Å². The topological polar surface area (TPSA) is 42.9 Å². The minimum Gasteiger partial charge on any atom is -0.297 e. The van der Waals surface area contributed by atoms with E-state index in [1.54, 1.807) is 17.5 Å². The molecule has 0 aliphatic rings. The Kier molecular flexibility index (Phi) is 2.69. The first-order chi connectivity index (χ1) is 6.78. The molecule has 0 unspecified atom stereocenters. The normalized spacial score (nSPS) is 10.4. The van der Waals surface area contributed by atoms with Gasteiger partial charge in [-0.2, -0.15) is 0 Å². The third-order valence-corrected chi connectivity index (χ3v) is 3.55. The number of hydrogen-bond donors (Lipinski definition) is 0. The fourth-order valence-electron chi connectivity index (χ4n) is 1.07. The van der Waals surface area contributed by atoms with Crippen molar-refractivity contribution in [3.05, 3.63) is 32.2 Å². The highest BCUT2D eigenvalue weighted by atomic mass is 32.1. The van der Waals surface area contributed by atoms with Crippen LogP contribution in [0.3, 0.4) is 0 Å². The molecule has 0 bridgehead atoms. The molecule has 72 valence electrons. The van der Waals surface area contributed by atoms with Gasteiger partial charge in [-0.25, -0.2) is 9.97 Å². The van der Waals surface area contributed by atoms with E-state index < -0.39 is 0 Å². The van der Waals surface area contributed by atoms with Crippen molar-refractivity contribution in [1.29, 1.82) is 0 Å². The van der Waals surface area contributed by atoms with Crippen molar-refractivity contribution < 1.29 is 4.79 Å². The molecule has 5 heteroatoms. The Morgan fingerprint density at radius 3 is 2.93 bits per heavy atom. The Bertz CT molecular complexity index is 447. The van der Waals surface area contributed by atoms with E-state index in [1.807, 2.05) is 12.3 Å². The van der Waals surface area contributed by atoms with Crippen LogP contribution in [-0.2, 0) is 6.42 Å². The molecule has 2 heterocycles. The maximum atomic E-state index is 10.4. The second-order valence-corrected chi connectivity index (χ2v) is 4.92. The summed E-state index contributed by atoms with van der Waals surface area (Å²) in [7, 11) is 0. The molecule has 0 radical (unpaired) electrons. The van der Waals surface area contributed by atoms with Gasteiger partial charge in [0.1, 0.15) is 0 Å². The lowest BCUT2D eigenvalue weighted by molar-refractivity contribution is 0.112. The zero-order valence-electron chi connectivity index (χ0n) is 7.56. The number of hydrogen-bond acceptors (Lipinski definition) is 5. The number of aldehydes is 1. The van der Waals surface area contributed by atoms with Crippen LogP contribution >= 0.6 is 22.7 Å². The molecule has 2 rings (SSSR count). The number of aromatic nitrogens is 2. The highest BCUT2D eigenvalue weighted by Gasteiger charge is 2.05. The van der Waals surface area contributed by atoms with Crippen LogP contribution < -0.4 is 0 Å². The number of aryl methyl sites for hydroxylation is 1. The van der Waals surface area contributed by atoms with E-state index in [4.69, 9.17) is 0 Å². The van der Waals surface area contributed by atoms with E-state index >= 15 is 0 Å². The van der Waals surface area contributed by atoms with E-state index in [0.717, 1.165) is 28.4 Å². The van der Waals surface area contributed by atoms with Gasteiger partial charge in [-0.1, -0.05) is 0 Å². The first kappa shape index (κ1) is 9.48. The minimum absolute atomic E-state index is 0.674. The second kappa shape index (κ2) is 3.98. The average molecular weight is 224 g/mol. The molecule has 0 N–H and O–H groups in total. The Morgan fingerprint density at radius 2 is 2.36 bits per heavy atom. The minimum atomic E-state index is 0.674. The molecule has 0 aliphatic heterocycles. The molecular weight excluding hydrogens is 216 g/mol. The molecule has 0 atom stereocenters. The van der Waals surface area contributed by atoms with Crippen LogP contribution in [-0.4, -0.2) is 16.3 Å². The summed E-state index contributed by atoms with van der Waals surface area (Å²) in [5.41, 5.74) is 1.04. The molecule has 2 aromatic rings. The Morgan fingerprint density at radius 1 is 1.50 bits per heavy atom. The number of rotatable bonds is 3. The first-order valence-corrected chi connectivity index (χ1v) is 5.78. The third kappa shape index (κ3) is 2.05. The molecule has 0 saturated heterocycles. The number of nitrogens with zero attached hydrogens (tertiary/aromatic N) is 2. The van der Waals surface area contributed by atoms with Crippen molar-refractivity contribution >= 4 is 29.0 Å². The van der Waals surface area contributed by atoms with Crippen LogP contribution in [0, 0.1) is 6.92 Å². The van der Waals surface area contributed by atoms with Crippen molar-refractivity contribution in [3.8, 4) is 0 Å². The van der Waals surface area contributed by atoms with Gasteiger partial charge >= 0.3 is 0 Å². The van der Waals surface area contributed by atoms with Gasteiger partial charge in [0.25, 0.3) is 0 Å². The van der Waals surface area contributed by atoms with Crippen LogP contribution in [0.15, 0.2) is 11.6 Å². The fraction of sp³-hybridized carbons (Fsp3) is 0.222. The number of carbonyl (C=O) groups excluding carboxylic acids is 1. The molecule has 0 fully saturated rings. The molecule has 3 nitrogen and oxygen atoms in total. The lowest BCUT2D eigenvalue weighted by Gasteiger charge is -1.88. The fourth-order valence-corrected chi connectivity index (χ4v) is 2.68. The van der Waals surface area contributed by atoms with Crippen molar-refractivity contribution in [1.82, 2.24) is 9.97 Å². The van der Waals surface area contributed by atoms with Gasteiger partial charge < -0.3 is 0 Å². The van der Waals surface area contributed by atoms with Gasteiger partial charge in [-0.05, 0) is 6.92 Å². The van der Waals surface area contributed by atoms with Crippen LogP contribution in [0.1, 0.15) is 25.4 Å². The molecule has 2 aromatic heterocycles. The van der Waals surface area contributed by atoms with Crippen LogP contribution in [0.25, 0.3) is 0 Å². The SMILES string of the molecule is Cc1csc(Cc2ncc(C=O)s2)n1. The highest BCUT2D eigenvalue weighted by Crippen LogP contribution is 2.17. The lowest BCUT2D eigenvalue weighted by Crippen LogP contribution is -1.85. The van der Waals surface area contributed by atoms with Gasteiger partial charge in [0, 0.05) is 17.3 Å².